The first-order valence-corrected chi connectivity index (χ1v) is 7.50. The largest absolute Gasteiger partial charge is 0.399 e. The number of carbonyl (C=O) groups is 1. The van der Waals surface area contributed by atoms with Crippen LogP contribution in [0.4, 0.5) is 5.69 Å². The molecule has 1 heterocycles. The predicted octanol–water partition coefficient (Wildman–Crippen LogP) is 2.51. The van der Waals surface area contributed by atoms with Crippen molar-refractivity contribution in [1.29, 1.82) is 0 Å². The lowest BCUT2D eigenvalue weighted by atomic mass is 10.1. The summed E-state index contributed by atoms with van der Waals surface area (Å²) < 4.78 is 0. The summed E-state index contributed by atoms with van der Waals surface area (Å²) in [7, 11) is 0. The first kappa shape index (κ1) is 13.3. The van der Waals surface area contributed by atoms with Gasteiger partial charge in [0.1, 0.15) is 0 Å². The minimum Gasteiger partial charge on any atom is -0.399 e. The number of carbonyl (C=O) groups excluding carboxylic acids is 1. The van der Waals surface area contributed by atoms with Gasteiger partial charge in [-0.15, -0.1) is 11.8 Å². The Morgan fingerprint density at radius 3 is 3.00 bits per heavy atom. The Hall–Kier alpha value is -1.16. The van der Waals surface area contributed by atoms with E-state index in [0.29, 0.717) is 6.54 Å². The van der Waals surface area contributed by atoms with Gasteiger partial charge in [0.25, 0.3) is 0 Å². The fourth-order valence-electron chi connectivity index (χ4n) is 2.23. The van der Waals surface area contributed by atoms with E-state index >= 15 is 0 Å². The maximum Gasteiger partial charge on any atom is 0.235 e. The monoisotopic (exact) mass is 264 g/mol. The number of hydrogen-bond acceptors (Lipinski definition) is 3. The van der Waals surface area contributed by atoms with Gasteiger partial charge in [-0.3, -0.25) is 4.79 Å². The maximum atomic E-state index is 12.3. The molecule has 1 aromatic rings. The minimum atomic E-state index is 0.172. The molecular formula is C14H20N2OS. The number of amides is 1. The Kier molecular flexibility index (Phi) is 4.53. The molecule has 0 radical (unpaired) electrons. The lowest BCUT2D eigenvalue weighted by Gasteiger charge is -2.24. The van der Waals surface area contributed by atoms with E-state index in [2.05, 4.69) is 0 Å². The fraction of sp³-hybridized carbons (Fsp3) is 0.500. The number of thioether (sulfide) groups is 1. The first-order chi connectivity index (χ1) is 8.70. The number of hydrogen-bond donors (Lipinski definition) is 1. The average molecular weight is 264 g/mol. The standard InChI is InChI=1S/C14H20N2OS/c1-2-16(14(17)13-7-4-8-18-13)10-11-5-3-6-12(15)9-11/h3,5-6,9,13H,2,4,7-8,10,15H2,1H3. The van der Waals surface area contributed by atoms with E-state index in [1.54, 1.807) is 11.8 Å². The van der Waals surface area contributed by atoms with Gasteiger partial charge in [-0.05, 0) is 43.2 Å². The minimum absolute atomic E-state index is 0.172. The number of nitrogens with zero attached hydrogens (tertiary/aromatic N) is 1. The lowest BCUT2D eigenvalue weighted by Crippen LogP contribution is -2.36. The van der Waals surface area contributed by atoms with Gasteiger partial charge >= 0.3 is 0 Å². The van der Waals surface area contributed by atoms with E-state index in [-0.39, 0.29) is 11.2 Å². The van der Waals surface area contributed by atoms with Crippen LogP contribution in [0.15, 0.2) is 24.3 Å². The second-order valence-electron chi connectivity index (χ2n) is 4.60. The van der Waals surface area contributed by atoms with Crippen LogP contribution >= 0.6 is 11.8 Å². The quantitative estimate of drug-likeness (QED) is 0.850. The highest BCUT2D eigenvalue weighted by Crippen LogP contribution is 2.28. The van der Waals surface area contributed by atoms with Crippen molar-refractivity contribution in [3.05, 3.63) is 29.8 Å². The van der Waals surface area contributed by atoms with Crippen molar-refractivity contribution in [1.82, 2.24) is 4.90 Å². The van der Waals surface area contributed by atoms with Crippen molar-refractivity contribution in [3.8, 4) is 0 Å². The molecule has 98 valence electrons. The van der Waals surface area contributed by atoms with Crippen molar-refractivity contribution < 1.29 is 4.79 Å². The molecule has 1 amide bonds. The number of benzene rings is 1. The molecule has 0 aliphatic carbocycles. The highest BCUT2D eigenvalue weighted by Gasteiger charge is 2.27. The molecule has 3 nitrogen and oxygen atoms in total. The first-order valence-electron chi connectivity index (χ1n) is 6.45. The molecular weight excluding hydrogens is 244 g/mol. The van der Waals surface area contributed by atoms with Gasteiger partial charge in [0.2, 0.25) is 5.91 Å². The molecule has 1 aliphatic heterocycles. The number of nitrogens with two attached hydrogens (primary N) is 1. The van der Waals surface area contributed by atoms with Crippen LogP contribution in [0.25, 0.3) is 0 Å². The topological polar surface area (TPSA) is 46.3 Å². The Bertz CT molecular complexity index is 416. The van der Waals surface area contributed by atoms with E-state index in [1.807, 2.05) is 36.1 Å². The van der Waals surface area contributed by atoms with Crippen molar-refractivity contribution >= 4 is 23.4 Å². The zero-order valence-electron chi connectivity index (χ0n) is 10.8. The summed E-state index contributed by atoms with van der Waals surface area (Å²) in [6, 6.07) is 7.77. The molecule has 1 fully saturated rings. The van der Waals surface area contributed by atoms with Crippen molar-refractivity contribution in [2.75, 3.05) is 18.0 Å². The van der Waals surface area contributed by atoms with Crippen LogP contribution in [0.1, 0.15) is 25.3 Å². The second kappa shape index (κ2) is 6.14. The van der Waals surface area contributed by atoms with E-state index in [0.717, 1.165) is 36.4 Å². The summed E-state index contributed by atoms with van der Waals surface area (Å²) in [6.45, 7) is 3.45. The molecule has 2 rings (SSSR count). The van der Waals surface area contributed by atoms with Crippen LogP contribution in [-0.2, 0) is 11.3 Å². The molecule has 1 aliphatic rings. The summed E-state index contributed by atoms with van der Waals surface area (Å²) in [5.74, 6) is 1.40. The summed E-state index contributed by atoms with van der Waals surface area (Å²) >= 11 is 1.79. The van der Waals surface area contributed by atoms with Gasteiger partial charge in [0.15, 0.2) is 0 Å². The van der Waals surface area contributed by atoms with Crippen LogP contribution in [-0.4, -0.2) is 28.4 Å². The molecule has 1 saturated heterocycles. The molecule has 0 aromatic heterocycles. The Morgan fingerprint density at radius 2 is 2.39 bits per heavy atom. The third-order valence-electron chi connectivity index (χ3n) is 3.22. The molecule has 2 N–H and O–H groups in total. The van der Waals surface area contributed by atoms with Gasteiger partial charge in [-0.25, -0.2) is 0 Å². The highest BCUT2D eigenvalue weighted by molar-refractivity contribution is 8.00. The molecule has 0 saturated carbocycles. The van der Waals surface area contributed by atoms with Gasteiger partial charge in [0, 0.05) is 18.8 Å². The third kappa shape index (κ3) is 3.19. The van der Waals surface area contributed by atoms with Gasteiger partial charge in [-0.2, -0.15) is 0 Å². The van der Waals surface area contributed by atoms with Crippen LogP contribution < -0.4 is 5.73 Å². The zero-order valence-corrected chi connectivity index (χ0v) is 11.6. The number of rotatable bonds is 4. The van der Waals surface area contributed by atoms with Crippen molar-refractivity contribution in [2.24, 2.45) is 0 Å². The Labute approximate surface area is 113 Å². The third-order valence-corrected chi connectivity index (χ3v) is 4.59. The molecule has 0 bridgehead atoms. The number of nitrogen functional groups attached to an aromatic ring is 1. The maximum absolute atomic E-state index is 12.3. The van der Waals surface area contributed by atoms with E-state index in [1.165, 1.54) is 0 Å². The smallest absolute Gasteiger partial charge is 0.235 e. The van der Waals surface area contributed by atoms with E-state index in [4.69, 9.17) is 5.73 Å². The predicted molar refractivity (Wildman–Crippen MR) is 77.4 cm³/mol. The molecule has 1 unspecified atom stereocenters. The number of anilines is 1. The molecule has 1 aromatic carbocycles. The summed E-state index contributed by atoms with van der Waals surface area (Å²) in [6.07, 6.45) is 2.19. The summed E-state index contributed by atoms with van der Waals surface area (Å²) in [4.78, 5) is 14.3. The van der Waals surface area contributed by atoms with E-state index in [9.17, 15) is 4.79 Å². The Morgan fingerprint density at radius 1 is 1.56 bits per heavy atom. The van der Waals surface area contributed by atoms with E-state index < -0.39 is 0 Å². The lowest BCUT2D eigenvalue weighted by molar-refractivity contribution is -0.131. The molecule has 0 spiro atoms. The van der Waals surface area contributed by atoms with Crippen LogP contribution in [0, 0.1) is 0 Å². The fourth-order valence-corrected chi connectivity index (χ4v) is 3.48. The van der Waals surface area contributed by atoms with Crippen LogP contribution in [0.3, 0.4) is 0 Å². The normalized spacial score (nSPS) is 18.8. The Balaban J connectivity index is 2.02. The SMILES string of the molecule is CCN(Cc1cccc(N)c1)C(=O)C1CCCS1. The van der Waals surface area contributed by atoms with Crippen LogP contribution in [0.5, 0.6) is 0 Å². The van der Waals surface area contributed by atoms with Crippen molar-refractivity contribution in [2.45, 2.75) is 31.6 Å². The summed E-state index contributed by atoms with van der Waals surface area (Å²) in [5, 5.41) is 0.172. The molecule has 1 atom stereocenters. The second-order valence-corrected chi connectivity index (χ2v) is 5.91. The highest BCUT2D eigenvalue weighted by atomic mass is 32.2. The van der Waals surface area contributed by atoms with Gasteiger partial charge in [0.05, 0.1) is 5.25 Å². The van der Waals surface area contributed by atoms with Gasteiger partial charge < -0.3 is 10.6 Å². The summed E-state index contributed by atoms with van der Waals surface area (Å²) in [5.41, 5.74) is 7.63. The van der Waals surface area contributed by atoms with Gasteiger partial charge in [-0.1, -0.05) is 12.1 Å². The molecule has 18 heavy (non-hydrogen) atoms. The van der Waals surface area contributed by atoms with Crippen LogP contribution in [0.2, 0.25) is 0 Å². The average Bonchev–Trinajstić information content (AvgIpc) is 2.89. The molecule has 4 heteroatoms. The van der Waals surface area contributed by atoms with Crippen molar-refractivity contribution in [3.63, 3.8) is 0 Å². The zero-order chi connectivity index (χ0) is 13.0.